The van der Waals surface area contributed by atoms with E-state index < -0.39 is 5.97 Å². The molecule has 0 aliphatic carbocycles. The van der Waals surface area contributed by atoms with Gasteiger partial charge >= 0.3 is 5.97 Å². The minimum absolute atomic E-state index is 0.0216. The summed E-state index contributed by atoms with van der Waals surface area (Å²) in [5, 5.41) is 12.8. The van der Waals surface area contributed by atoms with Crippen molar-refractivity contribution in [2.24, 2.45) is 0 Å². The molecule has 2 aromatic rings. The predicted molar refractivity (Wildman–Crippen MR) is 74.7 cm³/mol. The van der Waals surface area contributed by atoms with Crippen LogP contribution >= 0.6 is 11.6 Å². The topological polar surface area (TPSA) is 62.2 Å². The molecule has 0 saturated carbocycles. The fourth-order valence-electron chi connectivity index (χ4n) is 1.72. The van der Waals surface area contributed by atoms with E-state index >= 15 is 0 Å². The molecule has 1 atom stereocenters. The maximum atomic E-state index is 10.8. The van der Waals surface area contributed by atoms with Crippen molar-refractivity contribution in [2.45, 2.75) is 13.0 Å². The first-order chi connectivity index (χ1) is 9.06. The molecule has 1 aromatic heterocycles. The zero-order valence-corrected chi connectivity index (χ0v) is 11.1. The molecular weight excluding hydrogens is 264 g/mol. The Hall–Kier alpha value is -2.07. The van der Waals surface area contributed by atoms with Crippen molar-refractivity contribution in [3.8, 4) is 0 Å². The second-order valence-electron chi connectivity index (χ2n) is 4.15. The molecule has 0 amide bonds. The first kappa shape index (κ1) is 13.4. The number of aromatic carboxylic acids is 1. The Balaban J connectivity index is 2.14. The van der Waals surface area contributed by atoms with E-state index in [1.165, 1.54) is 12.3 Å². The van der Waals surface area contributed by atoms with Crippen LogP contribution in [-0.2, 0) is 0 Å². The molecule has 0 bridgehead atoms. The third-order valence-corrected chi connectivity index (χ3v) is 2.98. The molecule has 2 N–H and O–H groups in total. The number of aromatic nitrogens is 1. The SMILES string of the molecule is CC(Nc1ccnc(C(=O)O)c1)c1ccc(Cl)cc1. The van der Waals surface area contributed by atoms with E-state index in [2.05, 4.69) is 10.3 Å². The van der Waals surface area contributed by atoms with Crippen molar-refractivity contribution >= 4 is 23.3 Å². The van der Waals surface area contributed by atoms with Gasteiger partial charge in [-0.25, -0.2) is 9.78 Å². The standard InChI is InChI=1S/C14H13ClN2O2/c1-9(10-2-4-11(15)5-3-10)17-12-6-7-16-13(8-12)14(18)19/h2-9H,1H3,(H,16,17)(H,18,19). The summed E-state index contributed by atoms with van der Waals surface area (Å²) in [5.41, 5.74) is 1.81. The van der Waals surface area contributed by atoms with Gasteiger partial charge in [-0.2, -0.15) is 0 Å². The van der Waals surface area contributed by atoms with Crippen LogP contribution in [0.15, 0.2) is 42.6 Å². The van der Waals surface area contributed by atoms with Crippen molar-refractivity contribution in [1.29, 1.82) is 0 Å². The van der Waals surface area contributed by atoms with Crippen LogP contribution in [0.5, 0.6) is 0 Å². The first-order valence-corrected chi connectivity index (χ1v) is 6.15. The molecule has 0 fully saturated rings. The van der Waals surface area contributed by atoms with Gasteiger partial charge in [0.1, 0.15) is 5.69 Å². The molecule has 19 heavy (non-hydrogen) atoms. The minimum Gasteiger partial charge on any atom is -0.477 e. The second kappa shape index (κ2) is 5.71. The Morgan fingerprint density at radius 1 is 1.32 bits per heavy atom. The quantitative estimate of drug-likeness (QED) is 0.895. The van der Waals surface area contributed by atoms with E-state index in [-0.39, 0.29) is 11.7 Å². The van der Waals surface area contributed by atoms with Crippen LogP contribution in [0.4, 0.5) is 5.69 Å². The highest BCUT2D eigenvalue weighted by molar-refractivity contribution is 6.30. The number of halogens is 1. The van der Waals surface area contributed by atoms with Crippen LogP contribution < -0.4 is 5.32 Å². The molecule has 0 aliphatic rings. The number of hydrogen-bond donors (Lipinski definition) is 2. The molecule has 0 aliphatic heterocycles. The fraction of sp³-hybridized carbons (Fsp3) is 0.143. The number of hydrogen-bond acceptors (Lipinski definition) is 3. The Kier molecular flexibility index (Phi) is 4.02. The first-order valence-electron chi connectivity index (χ1n) is 5.77. The van der Waals surface area contributed by atoms with Crippen LogP contribution in [-0.4, -0.2) is 16.1 Å². The summed E-state index contributed by atoms with van der Waals surface area (Å²) in [6.45, 7) is 1.99. The fourth-order valence-corrected chi connectivity index (χ4v) is 1.85. The second-order valence-corrected chi connectivity index (χ2v) is 4.59. The number of carboxylic acid groups (broad SMARTS) is 1. The summed E-state index contributed by atoms with van der Waals surface area (Å²) in [4.78, 5) is 14.6. The van der Waals surface area contributed by atoms with Gasteiger partial charge in [0.2, 0.25) is 0 Å². The summed E-state index contributed by atoms with van der Waals surface area (Å²) < 4.78 is 0. The van der Waals surface area contributed by atoms with Gasteiger partial charge in [-0.15, -0.1) is 0 Å². The average Bonchev–Trinajstić information content (AvgIpc) is 2.39. The number of carbonyl (C=O) groups is 1. The van der Waals surface area contributed by atoms with Crippen molar-refractivity contribution in [1.82, 2.24) is 4.98 Å². The normalized spacial score (nSPS) is 11.9. The molecule has 5 heteroatoms. The summed E-state index contributed by atoms with van der Waals surface area (Å²) >= 11 is 5.84. The van der Waals surface area contributed by atoms with E-state index in [4.69, 9.17) is 16.7 Å². The van der Waals surface area contributed by atoms with Crippen LogP contribution in [0.3, 0.4) is 0 Å². The molecular formula is C14H13ClN2O2. The third kappa shape index (κ3) is 3.45. The molecule has 0 radical (unpaired) electrons. The minimum atomic E-state index is -1.04. The van der Waals surface area contributed by atoms with E-state index in [1.807, 2.05) is 31.2 Å². The van der Waals surface area contributed by atoms with E-state index in [0.717, 1.165) is 11.3 Å². The summed E-state index contributed by atoms with van der Waals surface area (Å²) in [7, 11) is 0. The number of benzene rings is 1. The van der Waals surface area contributed by atoms with Crippen molar-refractivity contribution < 1.29 is 9.90 Å². The maximum absolute atomic E-state index is 10.8. The van der Waals surface area contributed by atoms with Crippen LogP contribution in [0, 0.1) is 0 Å². The molecule has 2 rings (SSSR count). The van der Waals surface area contributed by atoms with Crippen molar-refractivity contribution in [3.05, 3.63) is 58.9 Å². The van der Waals surface area contributed by atoms with Gasteiger partial charge in [0.25, 0.3) is 0 Å². The highest BCUT2D eigenvalue weighted by Gasteiger charge is 2.08. The van der Waals surface area contributed by atoms with E-state index in [9.17, 15) is 4.79 Å². The largest absolute Gasteiger partial charge is 0.477 e. The number of carboxylic acids is 1. The lowest BCUT2D eigenvalue weighted by atomic mass is 10.1. The molecule has 1 aromatic carbocycles. The number of nitrogens with one attached hydrogen (secondary N) is 1. The molecule has 0 saturated heterocycles. The lowest BCUT2D eigenvalue weighted by Crippen LogP contribution is -2.08. The zero-order valence-electron chi connectivity index (χ0n) is 10.3. The van der Waals surface area contributed by atoms with Crippen LogP contribution in [0.25, 0.3) is 0 Å². The van der Waals surface area contributed by atoms with Gasteiger partial charge < -0.3 is 10.4 Å². The number of anilines is 1. The zero-order chi connectivity index (χ0) is 13.8. The summed E-state index contributed by atoms with van der Waals surface area (Å²) in [6, 6.07) is 10.8. The highest BCUT2D eigenvalue weighted by atomic mass is 35.5. The van der Waals surface area contributed by atoms with Gasteiger partial charge in [0, 0.05) is 22.9 Å². The number of nitrogens with zero attached hydrogens (tertiary/aromatic N) is 1. The van der Waals surface area contributed by atoms with Crippen molar-refractivity contribution in [3.63, 3.8) is 0 Å². The van der Waals surface area contributed by atoms with E-state index in [1.54, 1.807) is 6.07 Å². The van der Waals surface area contributed by atoms with Gasteiger partial charge in [-0.3, -0.25) is 0 Å². The Morgan fingerprint density at radius 2 is 2.00 bits per heavy atom. The predicted octanol–water partition coefficient (Wildman–Crippen LogP) is 3.61. The summed E-state index contributed by atoms with van der Waals surface area (Å²) in [6.07, 6.45) is 1.47. The van der Waals surface area contributed by atoms with Crippen LogP contribution in [0.2, 0.25) is 5.02 Å². The Bertz CT molecular complexity index is 584. The molecule has 98 valence electrons. The smallest absolute Gasteiger partial charge is 0.354 e. The molecule has 1 unspecified atom stereocenters. The highest BCUT2D eigenvalue weighted by Crippen LogP contribution is 2.21. The lowest BCUT2D eigenvalue weighted by molar-refractivity contribution is 0.0690. The molecule has 0 spiro atoms. The van der Waals surface area contributed by atoms with Crippen LogP contribution in [0.1, 0.15) is 29.0 Å². The van der Waals surface area contributed by atoms with Gasteiger partial charge in [0.05, 0.1) is 0 Å². The average molecular weight is 277 g/mol. The monoisotopic (exact) mass is 276 g/mol. The maximum Gasteiger partial charge on any atom is 0.354 e. The third-order valence-electron chi connectivity index (χ3n) is 2.73. The Labute approximate surface area is 116 Å². The Morgan fingerprint density at radius 3 is 2.63 bits per heavy atom. The van der Waals surface area contributed by atoms with E-state index in [0.29, 0.717) is 5.02 Å². The van der Waals surface area contributed by atoms with Gasteiger partial charge in [0.15, 0.2) is 0 Å². The molecule has 1 heterocycles. The lowest BCUT2D eigenvalue weighted by Gasteiger charge is -2.15. The number of rotatable bonds is 4. The summed E-state index contributed by atoms with van der Waals surface area (Å²) in [5.74, 6) is -1.04. The number of pyridine rings is 1. The molecule has 4 nitrogen and oxygen atoms in total. The van der Waals surface area contributed by atoms with Gasteiger partial charge in [-0.1, -0.05) is 23.7 Å². The van der Waals surface area contributed by atoms with Gasteiger partial charge in [-0.05, 0) is 36.8 Å². The van der Waals surface area contributed by atoms with Crippen molar-refractivity contribution in [2.75, 3.05) is 5.32 Å².